The van der Waals surface area contributed by atoms with E-state index < -0.39 is 34.3 Å². The molecule has 10 heteroatoms. The Hall–Kier alpha value is -2.65. The van der Waals surface area contributed by atoms with Gasteiger partial charge in [-0.1, -0.05) is 62.2 Å². The van der Waals surface area contributed by atoms with Gasteiger partial charge in [0.2, 0.25) is 21.8 Å². The van der Waals surface area contributed by atoms with Crippen LogP contribution in [-0.2, 0) is 26.2 Å². The number of rotatable bonds is 12. The molecule has 2 aromatic rings. The van der Waals surface area contributed by atoms with Gasteiger partial charge in [0.05, 0.1) is 11.9 Å². The number of benzene rings is 2. The number of para-hydroxylation sites is 1. The first-order valence-corrected chi connectivity index (χ1v) is 13.4. The van der Waals surface area contributed by atoms with Gasteiger partial charge in [-0.05, 0) is 36.6 Å². The van der Waals surface area contributed by atoms with Crippen molar-refractivity contribution < 1.29 is 22.4 Å². The van der Waals surface area contributed by atoms with E-state index in [4.69, 9.17) is 11.6 Å². The highest BCUT2D eigenvalue weighted by Crippen LogP contribution is 2.24. The molecule has 0 saturated carbocycles. The summed E-state index contributed by atoms with van der Waals surface area (Å²) in [5.74, 6) is -1.76. The Kier molecular flexibility index (Phi) is 10.3. The van der Waals surface area contributed by atoms with Crippen molar-refractivity contribution >= 4 is 39.1 Å². The molecule has 186 valence electrons. The van der Waals surface area contributed by atoms with E-state index in [2.05, 4.69) is 5.32 Å². The van der Waals surface area contributed by atoms with Crippen molar-refractivity contribution in [2.45, 2.75) is 45.7 Å². The monoisotopic (exact) mass is 511 g/mol. The van der Waals surface area contributed by atoms with E-state index in [0.717, 1.165) is 25.2 Å². The summed E-state index contributed by atoms with van der Waals surface area (Å²) in [6.07, 6.45) is 2.88. The molecule has 2 rings (SSSR count). The number of carbonyl (C=O) groups is 2. The van der Waals surface area contributed by atoms with Crippen molar-refractivity contribution in [2.24, 2.45) is 0 Å². The number of nitrogens with zero attached hydrogens (tertiary/aromatic N) is 2. The molecule has 0 bridgehead atoms. The lowest BCUT2D eigenvalue weighted by molar-refractivity contribution is -0.140. The third-order valence-electron chi connectivity index (χ3n) is 5.31. The summed E-state index contributed by atoms with van der Waals surface area (Å²) in [6, 6.07) is 11.4. The highest BCUT2D eigenvalue weighted by Gasteiger charge is 2.32. The predicted molar refractivity (Wildman–Crippen MR) is 133 cm³/mol. The van der Waals surface area contributed by atoms with Crippen molar-refractivity contribution in [3.8, 4) is 0 Å². The second kappa shape index (κ2) is 12.7. The van der Waals surface area contributed by atoms with E-state index in [1.54, 1.807) is 31.2 Å². The van der Waals surface area contributed by atoms with Crippen LogP contribution in [-0.4, -0.2) is 50.5 Å². The molecule has 0 aromatic heterocycles. The van der Waals surface area contributed by atoms with E-state index in [9.17, 15) is 22.4 Å². The first kappa shape index (κ1) is 27.6. The smallest absolute Gasteiger partial charge is 0.244 e. The zero-order chi connectivity index (χ0) is 25.3. The molecule has 0 heterocycles. The van der Waals surface area contributed by atoms with Gasteiger partial charge in [0.15, 0.2) is 0 Å². The van der Waals surface area contributed by atoms with Gasteiger partial charge in [-0.25, -0.2) is 12.8 Å². The summed E-state index contributed by atoms with van der Waals surface area (Å²) in [7, 11) is -4.00. The quantitative estimate of drug-likeness (QED) is 0.437. The molecule has 1 atom stereocenters. The highest BCUT2D eigenvalue weighted by molar-refractivity contribution is 7.92. The van der Waals surface area contributed by atoms with Gasteiger partial charge in [-0.2, -0.15) is 0 Å². The standard InChI is InChI=1S/C24H31ClFN3O4S/c1-4-6-15-27-24(31)21(5-2)28(16-18-11-7-8-12-19(18)25)23(30)17-29(34(3,32)33)22-14-10-9-13-20(22)26/h7-14,21H,4-6,15-17H2,1-3H3,(H,27,31)/t21-/m0/s1. The molecule has 0 fully saturated rings. The second-order valence-corrected chi connectivity index (χ2v) is 10.2. The van der Waals surface area contributed by atoms with Gasteiger partial charge in [-0.15, -0.1) is 0 Å². The van der Waals surface area contributed by atoms with Crippen LogP contribution in [0.15, 0.2) is 48.5 Å². The van der Waals surface area contributed by atoms with Crippen LogP contribution in [0, 0.1) is 5.82 Å². The zero-order valence-electron chi connectivity index (χ0n) is 19.6. The minimum atomic E-state index is -4.00. The molecule has 0 saturated heterocycles. The third kappa shape index (κ3) is 7.43. The molecule has 0 aliphatic carbocycles. The van der Waals surface area contributed by atoms with Crippen molar-refractivity contribution in [3.63, 3.8) is 0 Å². The summed E-state index contributed by atoms with van der Waals surface area (Å²) in [5, 5.41) is 3.25. The van der Waals surface area contributed by atoms with E-state index >= 15 is 0 Å². The Morgan fingerprint density at radius 3 is 2.32 bits per heavy atom. The number of unbranched alkanes of at least 4 members (excludes halogenated alkanes) is 1. The van der Waals surface area contributed by atoms with E-state index in [0.29, 0.717) is 27.9 Å². The van der Waals surface area contributed by atoms with E-state index in [1.807, 2.05) is 6.92 Å². The van der Waals surface area contributed by atoms with Crippen molar-refractivity contribution in [2.75, 3.05) is 23.7 Å². The molecule has 0 radical (unpaired) electrons. The minimum absolute atomic E-state index is 0.00686. The molecular weight excluding hydrogens is 481 g/mol. The first-order valence-electron chi connectivity index (χ1n) is 11.1. The summed E-state index contributed by atoms with van der Waals surface area (Å²) in [6.45, 7) is 3.56. The largest absolute Gasteiger partial charge is 0.354 e. The van der Waals surface area contributed by atoms with Gasteiger partial charge in [0.25, 0.3) is 0 Å². The Morgan fingerprint density at radius 2 is 1.74 bits per heavy atom. The fraction of sp³-hybridized carbons (Fsp3) is 0.417. The number of carbonyl (C=O) groups excluding carboxylic acids is 2. The number of halogens is 2. The number of hydrogen-bond donors (Lipinski definition) is 1. The van der Waals surface area contributed by atoms with Gasteiger partial charge in [-0.3, -0.25) is 13.9 Å². The molecule has 1 N–H and O–H groups in total. The first-order chi connectivity index (χ1) is 16.1. The maximum absolute atomic E-state index is 14.4. The molecule has 0 unspecified atom stereocenters. The van der Waals surface area contributed by atoms with Crippen LogP contribution in [0.2, 0.25) is 5.02 Å². The SMILES string of the molecule is CCCCNC(=O)[C@H](CC)N(Cc1ccccc1Cl)C(=O)CN(c1ccccc1F)S(C)(=O)=O. The average molecular weight is 512 g/mol. The van der Waals surface area contributed by atoms with Crippen LogP contribution in [0.5, 0.6) is 0 Å². The van der Waals surface area contributed by atoms with Crippen molar-refractivity contribution in [3.05, 3.63) is 64.9 Å². The predicted octanol–water partition coefficient (Wildman–Crippen LogP) is 3.97. The lowest BCUT2D eigenvalue weighted by atomic mass is 10.1. The van der Waals surface area contributed by atoms with Crippen LogP contribution in [0.1, 0.15) is 38.7 Å². The van der Waals surface area contributed by atoms with Crippen molar-refractivity contribution in [1.82, 2.24) is 10.2 Å². The van der Waals surface area contributed by atoms with Gasteiger partial charge in [0, 0.05) is 18.1 Å². The Bertz CT molecular complexity index is 1100. The summed E-state index contributed by atoms with van der Waals surface area (Å²) in [5.41, 5.74) is 0.366. The molecule has 2 amide bonds. The molecule has 7 nitrogen and oxygen atoms in total. The van der Waals surface area contributed by atoms with Crippen molar-refractivity contribution in [1.29, 1.82) is 0 Å². The lowest BCUT2D eigenvalue weighted by Gasteiger charge is -2.33. The number of amides is 2. The topological polar surface area (TPSA) is 86.8 Å². The van der Waals surface area contributed by atoms with Gasteiger partial charge in [0.1, 0.15) is 18.4 Å². The Labute approximate surface area is 205 Å². The number of sulfonamides is 1. The lowest BCUT2D eigenvalue weighted by Crippen LogP contribution is -2.52. The molecule has 0 aliphatic heterocycles. The molecule has 2 aromatic carbocycles. The van der Waals surface area contributed by atoms with Crippen LogP contribution >= 0.6 is 11.6 Å². The second-order valence-electron chi connectivity index (χ2n) is 7.90. The van der Waals surface area contributed by atoms with E-state index in [1.165, 1.54) is 23.1 Å². The number of hydrogen-bond acceptors (Lipinski definition) is 4. The highest BCUT2D eigenvalue weighted by atomic mass is 35.5. The van der Waals surface area contributed by atoms with Gasteiger partial charge < -0.3 is 10.2 Å². The Balaban J connectivity index is 2.43. The van der Waals surface area contributed by atoms with Crippen LogP contribution in [0.3, 0.4) is 0 Å². The maximum Gasteiger partial charge on any atom is 0.244 e. The van der Waals surface area contributed by atoms with Crippen LogP contribution in [0.25, 0.3) is 0 Å². The zero-order valence-corrected chi connectivity index (χ0v) is 21.2. The fourth-order valence-corrected chi connectivity index (χ4v) is 4.53. The fourth-order valence-electron chi connectivity index (χ4n) is 3.48. The van der Waals surface area contributed by atoms with E-state index in [-0.39, 0.29) is 18.1 Å². The summed E-state index contributed by atoms with van der Waals surface area (Å²) >= 11 is 6.30. The summed E-state index contributed by atoms with van der Waals surface area (Å²) < 4.78 is 40.1. The maximum atomic E-state index is 14.4. The van der Waals surface area contributed by atoms with Gasteiger partial charge >= 0.3 is 0 Å². The molecule has 34 heavy (non-hydrogen) atoms. The average Bonchev–Trinajstić information content (AvgIpc) is 2.78. The number of nitrogens with one attached hydrogen (secondary N) is 1. The normalized spacial score (nSPS) is 12.1. The van der Waals surface area contributed by atoms with Crippen LogP contribution in [0.4, 0.5) is 10.1 Å². The minimum Gasteiger partial charge on any atom is -0.354 e. The molecular formula is C24H31ClFN3O4S. The Morgan fingerprint density at radius 1 is 1.09 bits per heavy atom. The molecule has 0 spiro atoms. The van der Waals surface area contributed by atoms with Crippen LogP contribution < -0.4 is 9.62 Å². The number of anilines is 1. The molecule has 0 aliphatic rings. The third-order valence-corrected chi connectivity index (χ3v) is 6.81. The summed E-state index contributed by atoms with van der Waals surface area (Å²) in [4.78, 5) is 27.8.